The van der Waals surface area contributed by atoms with Gasteiger partial charge in [0, 0.05) is 25.1 Å². The highest BCUT2D eigenvalue weighted by Crippen LogP contribution is 2.26. The molecule has 0 bridgehead atoms. The van der Waals surface area contributed by atoms with Crippen LogP contribution in [0.5, 0.6) is 5.88 Å². The maximum Gasteiger partial charge on any atom is 0.422 e. The number of nitrogens with zero attached hydrogens (tertiary/aromatic N) is 5. The van der Waals surface area contributed by atoms with E-state index in [1.807, 2.05) is 0 Å². The summed E-state index contributed by atoms with van der Waals surface area (Å²) in [6.07, 6.45) is -0.408. The van der Waals surface area contributed by atoms with Crippen LogP contribution in [0.3, 0.4) is 0 Å². The summed E-state index contributed by atoms with van der Waals surface area (Å²) in [4.78, 5) is 7.77. The molecule has 0 fully saturated rings. The molecule has 0 atom stereocenters. The van der Waals surface area contributed by atoms with Crippen LogP contribution in [-0.2, 0) is 10.3 Å². The zero-order valence-electron chi connectivity index (χ0n) is 14.6. The van der Waals surface area contributed by atoms with E-state index in [2.05, 4.69) is 24.9 Å². The van der Waals surface area contributed by atoms with Crippen molar-refractivity contribution < 1.29 is 27.0 Å². The topological polar surface area (TPSA) is 74.4 Å². The Labute approximate surface area is 151 Å². The third-order valence-corrected chi connectivity index (χ3v) is 3.82. The molecule has 0 aliphatic carbocycles. The molecular weight excluding hydrogens is 370 g/mol. The van der Waals surface area contributed by atoms with Crippen molar-refractivity contribution in [3.63, 3.8) is 0 Å². The van der Waals surface area contributed by atoms with Gasteiger partial charge in [0.05, 0.1) is 11.9 Å². The summed E-state index contributed by atoms with van der Waals surface area (Å²) < 4.78 is 62.0. The van der Waals surface area contributed by atoms with Crippen LogP contribution in [0.2, 0.25) is 0 Å². The second-order valence-corrected chi connectivity index (χ2v) is 6.15. The first-order valence-electron chi connectivity index (χ1n) is 7.72. The highest BCUT2D eigenvalue weighted by Gasteiger charge is 2.29. The highest BCUT2D eigenvalue weighted by atomic mass is 19.4. The van der Waals surface area contributed by atoms with E-state index in [0.717, 1.165) is 6.07 Å². The maximum absolute atomic E-state index is 14.1. The number of alkyl halides is 3. The minimum absolute atomic E-state index is 0.253. The van der Waals surface area contributed by atoms with Crippen LogP contribution in [0, 0.1) is 5.82 Å². The lowest BCUT2D eigenvalue weighted by atomic mass is 10.1. The second-order valence-electron chi connectivity index (χ2n) is 6.15. The summed E-state index contributed by atoms with van der Waals surface area (Å²) in [5.41, 5.74) is 0.293. The number of ether oxygens (including phenoxy) is 2. The monoisotopic (exact) mass is 385 g/mol. The van der Waals surface area contributed by atoms with Crippen molar-refractivity contribution in [1.82, 2.24) is 24.6 Å². The zero-order chi connectivity index (χ0) is 19.8. The van der Waals surface area contributed by atoms with E-state index in [4.69, 9.17) is 4.74 Å². The van der Waals surface area contributed by atoms with E-state index < -0.39 is 30.1 Å². The lowest BCUT2D eigenvalue weighted by Gasteiger charge is -2.20. The molecule has 11 heteroatoms. The Morgan fingerprint density at radius 2 is 1.85 bits per heavy atom. The van der Waals surface area contributed by atoms with Crippen molar-refractivity contribution in [3.8, 4) is 17.1 Å². The smallest absolute Gasteiger partial charge is 0.422 e. The third kappa shape index (κ3) is 3.97. The summed E-state index contributed by atoms with van der Waals surface area (Å²) in [6, 6.07) is 0.998. The third-order valence-electron chi connectivity index (χ3n) is 3.82. The molecule has 3 rings (SSSR count). The van der Waals surface area contributed by atoms with Gasteiger partial charge in [-0.3, -0.25) is 9.38 Å². The summed E-state index contributed by atoms with van der Waals surface area (Å²) in [6.45, 7) is 1.98. The molecule has 3 heterocycles. The van der Waals surface area contributed by atoms with Gasteiger partial charge in [0.25, 0.3) is 5.88 Å². The molecule has 7 nitrogen and oxygen atoms in total. The van der Waals surface area contributed by atoms with Gasteiger partial charge in [-0.05, 0) is 19.9 Å². The number of methoxy groups -OCH3 is 1. The molecule has 27 heavy (non-hydrogen) atoms. The van der Waals surface area contributed by atoms with Crippen LogP contribution < -0.4 is 4.74 Å². The number of rotatable bonds is 5. The van der Waals surface area contributed by atoms with E-state index in [9.17, 15) is 17.6 Å². The number of halogens is 4. The number of hydrogen-bond acceptors (Lipinski definition) is 6. The van der Waals surface area contributed by atoms with Crippen molar-refractivity contribution in [1.29, 1.82) is 0 Å². The zero-order valence-corrected chi connectivity index (χ0v) is 14.6. The molecule has 0 aliphatic heterocycles. The molecule has 3 aromatic rings. The van der Waals surface area contributed by atoms with Crippen molar-refractivity contribution in [2.24, 2.45) is 0 Å². The molecule has 144 valence electrons. The standard InChI is InChI=1S/C16H15F4N5O2/c1-15(2,26-3)14-24-23-12-6-21-11(7-25(12)14)9-4-10(17)13(22-5-9)27-8-16(18,19)20/h4-7H,8H2,1-3H3. The van der Waals surface area contributed by atoms with Gasteiger partial charge in [-0.1, -0.05) is 0 Å². The lowest BCUT2D eigenvalue weighted by molar-refractivity contribution is -0.154. The van der Waals surface area contributed by atoms with Gasteiger partial charge in [0.15, 0.2) is 23.9 Å². The van der Waals surface area contributed by atoms with Gasteiger partial charge in [0.2, 0.25) is 0 Å². The van der Waals surface area contributed by atoms with Gasteiger partial charge in [-0.2, -0.15) is 13.2 Å². The summed E-state index contributed by atoms with van der Waals surface area (Å²) in [5, 5.41) is 8.08. The van der Waals surface area contributed by atoms with Crippen LogP contribution in [0.15, 0.2) is 24.7 Å². The molecule has 0 radical (unpaired) electrons. The first-order chi connectivity index (χ1) is 12.6. The van der Waals surface area contributed by atoms with Gasteiger partial charge in [-0.25, -0.2) is 9.37 Å². The number of aromatic nitrogens is 5. The van der Waals surface area contributed by atoms with Crippen molar-refractivity contribution >= 4 is 5.65 Å². The van der Waals surface area contributed by atoms with Crippen LogP contribution in [0.25, 0.3) is 16.9 Å². The highest BCUT2D eigenvalue weighted by molar-refractivity contribution is 5.59. The average molecular weight is 385 g/mol. The van der Waals surface area contributed by atoms with Crippen LogP contribution in [0.1, 0.15) is 19.7 Å². The molecule has 0 saturated carbocycles. The molecule has 0 unspecified atom stereocenters. The SMILES string of the molecule is COC(C)(C)c1nnc2cnc(-c3cnc(OCC(F)(F)F)c(F)c3)cn12. The number of fused-ring (bicyclic) bond motifs is 1. The van der Waals surface area contributed by atoms with E-state index in [1.54, 1.807) is 24.4 Å². The Bertz CT molecular complexity index is 971. The average Bonchev–Trinajstić information content (AvgIpc) is 3.03. The second kappa shape index (κ2) is 6.72. The molecule has 0 aromatic carbocycles. The van der Waals surface area contributed by atoms with Gasteiger partial charge >= 0.3 is 6.18 Å². The fourth-order valence-electron chi connectivity index (χ4n) is 2.27. The molecule has 0 N–H and O–H groups in total. The van der Waals surface area contributed by atoms with Crippen LogP contribution in [-0.4, -0.2) is 44.5 Å². The maximum atomic E-state index is 14.1. The minimum atomic E-state index is -4.58. The Kier molecular flexibility index (Phi) is 4.72. The summed E-state index contributed by atoms with van der Waals surface area (Å²) in [5.74, 6) is -1.26. The molecule has 0 saturated heterocycles. The molecule has 0 amide bonds. The number of hydrogen-bond donors (Lipinski definition) is 0. The minimum Gasteiger partial charge on any atom is -0.466 e. The van der Waals surface area contributed by atoms with Gasteiger partial charge in [0.1, 0.15) is 5.60 Å². The van der Waals surface area contributed by atoms with Crippen molar-refractivity contribution in [2.45, 2.75) is 25.6 Å². The molecular formula is C16H15F4N5O2. The lowest BCUT2D eigenvalue weighted by Crippen LogP contribution is -2.23. The van der Waals surface area contributed by atoms with Crippen molar-refractivity contribution in [2.75, 3.05) is 13.7 Å². The molecule has 3 aromatic heterocycles. The predicted molar refractivity (Wildman–Crippen MR) is 85.6 cm³/mol. The van der Waals surface area contributed by atoms with E-state index in [-0.39, 0.29) is 5.56 Å². The molecule has 0 spiro atoms. The van der Waals surface area contributed by atoms with Gasteiger partial charge < -0.3 is 9.47 Å². The van der Waals surface area contributed by atoms with E-state index >= 15 is 0 Å². The van der Waals surface area contributed by atoms with E-state index in [1.165, 1.54) is 19.5 Å². The first kappa shape index (κ1) is 19.0. The normalized spacial score (nSPS) is 12.6. The molecule has 0 aliphatic rings. The van der Waals surface area contributed by atoms with Crippen LogP contribution >= 0.6 is 0 Å². The summed E-state index contributed by atoms with van der Waals surface area (Å²) in [7, 11) is 1.53. The quantitative estimate of drug-likeness (QED) is 0.628. The number of pyridine rings is 1. The summed E-state index contributed by atoms with van der Waals surface area (Å²) >= 11 is 0. The van der Waals surface area contributed by atoms with Gasteiger partial charge in [-0.15, -0.1) is 10.2 Å². The van der Waals surface area contributed by atoms with E-state index in [0.29, 0.717) is 17.2 Å². The first-order valence-corrected chi connectivity index (χ1v) is 7.72. The Hall–Kier alpha value is -2.82. The largest absolute Gasteiger partial charge is 0.466 e. The fraction of sp³-hybridized carbons (Fsp3) is 0.375. The fourth-order valence-corrected chi connectivity index (χ4v) is 2.27. The van der Waals surface area contributed by atoms with Crippen LogP contribution in [0.4, 0.5) is 17.6 Å². The Morgan fingerprint density at radius 1 is 1.11 bits per heavy atom. The van der Waals surface area contributed by atoms with Crippen molar-refractivity contribution in [3.05, 3.63) is 36.3 Å². The Balaban J connectivity index is 1.95. The Morgan fingerprint density at radius 3 is 2.48 bits per heavy atom. The predicted octanol–water partition coefficient (Wildman–Crippen LogP) is 3.15.